The Kier molecular flexibility index (Phi) is 4.83. The quantitative estimate of drug-likeness (QED) is 0.371. The minimum absolute atomic E-state index is 0.0450. The van der Waals surface area contributed by atoms with Crippen molar-refractivity contribution in [3.05, 3.63) is 76.3 Å². The third-order valence-electron chi connectivity index (χ3n) is 4.76. The Labute approximate surface area is 172 Å². The summed E-state index contributed by atoms with van der Waals surface area (Å²) < 4.78 is 11.5. The van der Waals surface area contributed by atoms with Crippen LogP contribution in [0.3, 0.4) is 0 Å². The number of carbonyl (C=O) groups is 2. The lowest BCUT2D eigenvalue weighted by Gasteiger charge is -2.25. The summed E-state index contributed by atoms with van der Waals surface area (Å²) in [5.74, 6) is 5.78. The fourth-order valence-electron chi connectivity index (χ4n) is 3.20. The average Bonchev–Trinajstić information content (AvgIpc) is 3.29. The molecule has 3 aromatic rings. The Balaban J connectivity index is 1.68. The van der Waals surface area contributed by atoms with Crippen molar-refractivity contribution in [3.63, 3.8) is 0 Å². The fraction of sp³-hybridized carbons (Fsp3) is 0.125. The molecule has 1 aliphatic heterocycles. The van der Waals surface area contributed by atoms with Crippen LogP contribution in [0.15, 0.2) is 68.0 Å². The predicted octanol–water partition coefficient (Wildman–Crippen LogP) is 4.04. The topological polar surface area (TPSA) is 87.4 Å². The number of benzene rings is 1. The molecule has 0 N–H and O–H groups in total. The molecule has 1 aromatic carbocycles. The van der Waals surface area contributed by atoms with Crippen molar-refractivity contribution < 1.29 is 18.4 Å². The Hall–Kier alpha value is -4.29. The first-order valence-corrected chi connectivity index (χ1v) is 9.31. The van der Waals surface area contributed by atoms with Gasteiger partial charge in [-0.3, -0.25) is 14.5 Å². The number of hydrogen-bond acceptors (Lipinski definition) is 5. The maximum Gasteiger partial charge on any atom is 0.271 e. The highest BCUT2D eigenvalue weighted by molar-refractivity contribution is 6.19. The van der Waals surface area contributed by atoms with Crippen LogP contribution in [0.5, 0.6) is 0 Å². The molecule has 6 heteroatoms. The van der Waals surface area contributed by atoms with Crippen molar-refractivity contribution >= 4 is 29.1 Å². The van der Waals surface area contributed by atoms with Crippen LogP contribution < -0.4 is 0 Å². The van der Waals surface area contributed by atoms with Crippen LogP contribution in [0.4, 0.5) is 0 Å². The average molecular weight is 396 g/mol. The van der Waals surface area contributed by atoms with Gasteiger partial charge in [-0.2, -0.15) is 5.26 Å². The Bertz CT molecular complexity index is 1300. The lowest BCUT2D eigenvalue weighted by Crippen LogP contribution is -2.42. The van der Waals surface area contributed by atoms with E-state index in [1.54, 1.807) is 26.0 Å². The molecule has 0 atom stereocenters. The SMILES string of the molecule is CCN1C(=O)C(C#N)=C(C)/C(=C/c2cc3oc(C#Cc4ccccc4)cc3o2)C1=O. The van der Waals surface area contributed by atoms with Crippen LogP contribution >= 0.6 is 0 Å². The van der Waals surface area contributed by atoms with E-state index in [9.17, 15) is 14.9 Å². The maximum atomic E-state index is 12.7. The number of nitriles is 1. The second-order valence-corrected chi connectivity index (χ2v) is 6.63. The molecule has 0 spiro atoms. The highest BCUT2D eigenvalue weighted by atomic mass is 16.4. The van der Waals surface area contributed by atoms with E-state index in [-0.39, 0.29) is 17.7 Å². The van der Waals surface area contributed by atoms with Gasteiger partial charge >= 0.3 is 0 Å². The molecule has 146 valence electrons. The van der Waals surface area contributed by atoms with Crippen molar-refractivity contribution in [1.29, 1.82) is 5.26 Å². The van der Waals surface area contributed by atoms with Crippen LogP contribution in [0.1, 0.15) is 30.9 Å². The standard InChI is InChI=1S/C24H16N2O4/c1-3-26-23(27)19(15(2)20(14-25)24(26)28)11-18-13-22-21(30-18)12-17(29-22)10-9-16-7-5-4-6-8-16/h4-8,11-13H,3H2,1-2H3/b19-11-. The van der Waals surface area contributed by atoms with E-state index < -0.39 is 11.8 Å². The van der Waals surface area contributed by atoms with Gasteiger partial charge in [0, 0.05) is 29.8 Å². The van der Waals surface area contributed by atoms with Gasteiger partial charge in [-0.25, -0.2) is 0 Å². The summed E-state index contributed by atoms with van der Waals surface area (Å²) in [6.45, 7) is 3.44. The number of hydrogen-bond donors (Lipinski definition) is 0. The maximum absolute atomic E-state index is 12.7. The number of rotatable bonds is 2. The van der Waals surface area contributed by atoms with E-state index in [1.807, 2.05) is 36.4 Å². The first kappa shape index (κ1) is 19.0. The summed E-state index contributed by atoms with van der Waals surface area (Å²) in [6, 6.07) is 14.8. The molecule has 3 heterocycles. The first-order chi connectivity index (χ1) is 14.5. The summed E-state index contributed by atoms with van der Waals surface area (Å²) in [5, 5.41) is 9.31. The van der Waals surface area contributed by atoms with Gasteiger partial charge in [-0.1, -0.05) is 24.1 Å². The molecular weight excluding hydrogens is 380 g/mol. The molecule has 1 aliphatic rings. The molecule has 0 fully saturated rings. The molecule has 6 nitrogen and oxygen atoms in total. The van der Waals surface area contributed by atoms with Gasteiger partial charge in [-0.05, 0) is 43.5 Å². The first-order valence-electron chi connectivity index (χ1n) is 9.31. The number of carbonyl (C=O) groups excluding carboxylic acids is 2. The second-order valence-electron chi connectivity index (χ2n) is 6.63. The molecule has 4 rings (SSSR count). The minimum Gasteiger partial charge on any atom is -0.453 e. The lowest BCUT2D eigenvalue weighted by molar-refractivity contribution is -0.140. The third kappa shape index (κ3) is 3.32. The summed E-state index contributed by atoms with van der Waals surface area (Å²) in [7, 11) is 0. The van der Waals surface area contributed by atoms with Gasteiger partial charge in [0.2, 0.25) is 0 Å². The number of likely N-dealkylation sites (N-methyl/N-ethyl adjacent to an activating group) is 1. The van der Waals surface area contributed by atoms with E-state index >= 15 is 0 Å². The van der Waals surface area contributed by atoms with Crippen LogP contribution in [-0.4, -0.2) is 23.3 Å². The largest absolute Gasteiger partial charge is 0.453 e. The van der Waals surface area contributed by atoms with Crippen molar-refractivity contribution in [1.82, 2.24) is 4.90 Å². The molecule has 0 saturated carbocycles. The number of nitrogens with zero attached hydrogens (tertiary/aromatic N) is 2. The predicted molar refractivity (Wildman–Crippen MR) is 110 cm³/mol. The van der Waals surface area contributed by atoms with E-state index in [0.717, 1.165) is 10.5 Å². The molecule has 0 saturated heterocycles. The zero-order valence-electron chi connectivity index (χ0n) is 16.4. The van der Waals surface area contributed by atoms with E-state index in [1.165, 1.54) is 6.08 Å². The molecule has 0 radical (unpaired) electrons. The molecule has 30 heavy (non-hydrogen) atoms. The molecule has 0 aliphatic carbocycles. The normalized spacial score (nSPS) is 15.5. The molecule has 2 aromatic heterocycles. The van der Waals surface area contributed by atoms with E-state index in [2.05, 4.69) is 11.8 Å². The van der Waals surface area contributed by atoms with Gasteiger partial charge in [0.15, 0.2) is 16.9 Å². The van der Waals surface area contributed by atoms with Crippen molar-refractivity contribution in [2.75, 3.05) is 6.54 Å². The van der Waals surface area contributed by atoms with Gasteiger partial charge in [0.05, 0.1) is 0 Å². The zero-order chi connectivity index (χ0) is 21.3. The smallest absolute Gasteiger partial charge is 0.271 e. The fourth-order valence-corrected chi connectivity index (χ4v) is 3.20. The van der Waals surface area contributed by atoms with Gasteiger partial charge in [0.25, 0.3) is 11.8 Å². The minimum atomic E-state index is -0.575. The monoisotopic (exact) mass is 396 g/mol. The molecule has 0 unspecified atom stereocenters. The number of furan rings is 2. The van der Waals surface area contributed by atoms with Crippen LogP contribution in [0.25, 0.3) is 17.2 Å². The molecule has 2 amide bonds. The number of amides is 2. The van der Waals surface area contributed by atoms with E-state index in [0.29, 0.717) is 28.3 Å². The van der Waals surface area contributed by atoms with Crippen molar-refractivity contribution in [2.24, 2.45) is 0 Å². The van der Waals surface area contributed by atoms with Gasteiger partial charge in [0.1, 0.15) is 17.4 Å². The summed E-state index contributed by atoms with van der Waals surface area (Å²) in [4.78, 5) is 26.0. The summed E-state index contributed by atoms with van der Waals surface area (Å²) in [5.41, 5.74) is 2.39. The van der Waals surface area contributed by atoms with Gasteiger partial charge < -0.3 is 8.83 Å². The van der Waals surface area contributed by atoms with E-state index in [4.69, 9.17) is 8.83 Å². The van der Waals surface area contributed by atoms with Crippen molar-refractivity contribution in [3.8, 4) is 17.9 Å². The molecular formula is C24H16N2O4. The van der Waals surface area contributed by atoms with Crippen LogP contribution in [0, 0.1) is 23.2 Å². The summed E-state index contributed by atoms with van der Waals surface area (Å²) >= 11 is 0. The third-order valence-corrected chi connectivity index (χ3v) is 4.76. The number of fused-ring (bicyclic) bond motifs is 1. The second kappa shape index (κ2) is 7.62. The van der Waals surface area contributed by atoms with Crippen LogP contribution in [-0.2, 0) is 9.59 Å². The Morgan fingerprint density at radius 1 is 1.03 bits per heavy atom. The summed E-state index contributed by atoms with van der Waals surface area (Å²) in [6.07, 6.45) is 1.52. The van der Waals surface area contributed by atoms with Crippen molar-refractivity contribution in [2.45, 2.75) is 13.8 Å². The van der Waals surface area contributed by atoms with Gasteiger partial charge in [-0.15, -0.1) is 0 Å². The Morgan fingerprint density at radius 3 is 2.43 bits per heavy atom. The lowest BCUT2D eigenvalue weighted by atomic mass is 9.95. The Morgan fingerprint density at radius 2 is 1.77 bits per heavy atom. The zero-order valence-corrected chi connectivity index (χ0v) is 16.4. The highest BCUT2D eigenvalue weighted by Crippen LogP contribution is 2.29. The highest BCUT2D eigenvalue weighted by Gasteiger charge is 2.34. The van der Waals surface area contributed by atoms with Crippen LogP contribution in [0.2, 0.25) is 0 Å². The number of imide groups is 1. The molecule has 0 bridgehead atoms.